The second-order valence-corrected chi connectivity index (χ2v) is 7.78. The number of hydrogen-bond acceptors (Lipinski definition) is 4. The van der Waals surface area contributed by atoms with Crippen LogP contribution in [0.5, 0.6) is 0 Å². The van der Waals surface area contributed by atoms with Gasteiger partial charge in [0, 0.05) is 31.2 Å². The number of likely N-dealkylation sites (N-methyl/N-ethyl adjacent to an activating group) is 1. The molecule has 2 aromatic rings. The molecule has 1 fully saturated rings. The summed E-state index contributed by atoms with van der Waals surface area (Å²) in [5.74, 6) is -0.584. The van der Waals surface area contributed by atoms with E-state index >= 15 is 0 Å². The molecule has 0 spiro atoms. The Balaban J connectivity index is 1.36. The van der Waals surface area contributed by atoms with Crippen LogP contribution in [0.25, 0.3) is 0 Å². The lowest BCUT2D eigenvalue weighted by Crippen LogP contribution is -2.39. The highest BCUT2D eigenvalue weighted by Crippen LogP contribution is 2.24. The number of carbonyl (C=O) groups is 2. The molecule has 0 aromatic heterocycles. The number of hydrogen-bond donors (Lipinski definition) is 3. The molecule has 1 saturated heterocycles. The fourth-order valence-corrected chi connectivity index (χ4v) is 3.67. The maximum absolute atomic E-state index is 13.4. The first-order valence-electron chi connectivity index (χ1n) is 10.3. The SMILES string of the molecule is Cc1ccccc1C(=O)NCC(=O)N(C)CCCC1CC(c2cccc(F)c2)NN1. The van der Waals surface area contributed by atoms with E-state index in [9.17, 15) is 14.0 Å². The summed E-state index contributed by atoms with van der Waals surface area (Å²) in [6, 6.07) is 14.3. The van der Waals surface area contributed by atoms with Crippen LogP contribution in [0, 0.1) is 12.7 Å². The molecule has 0 radical (unpaired) electrons. The lowest BCUT2D eigenvalue weighted by molar-refractivity contribution is -0.128. The Hall–Kier alpha value is -2.77. The Morgan fingerprint density at radius 3 is 2.73 bits per heavy atom. The predicted molar refractivity (Wildman–Crippen MR) is 114 cm³/mol. The first-order chi connectivity index (χ1) is 14.4. The van der Waals surface area contributed by atoms with E-state index < -0.39 is 0 Å². The van der Waals surface area contributed by atoms with Crippen molar-refractivity contribution in [3.05, 3.63) is 71.0 Å². The van der Waals surface area contributed by atoms with Gasteiger partial charge in [-0.15, -0.1) is 0 Å². The van der Waals surface area contributed by atoms with Crippen molar-refractivity contribution in [2.24, 2.45) is 0 Å². The fourth-order valence-electron chi connectivity index (χ4n) is 3.67. The highest BCUT2D eigenvalue weighted by Gasteiger charge is 2.25. The van der Waals surface area contributed by atoms with Gasteiger partial charge in [-0.1, -0.05) is 30.3 Å². The van der Waals surface area contributed by atoms with Crippen LogP contribution in [0.1, 0.15) is 46.8 Å². The van der Waals surface area contributed by atoms with Gasteiger partial charge in [0.25, 0.3) is 5.91 Å². The van der Waals surface area contributed by atoms with Gasteiger partial charge in [0.1, 0.15) is 5.82 Å². The number of aryl methyl sites for hydroxylation is 1. The molecule has 3 N–H and O–H groups in total. The van der Waals surface area contributed by atoms with Crippen LogP contribution < -0.4 is 16.2 Å². The van der Waals surface area contributed by atoms with Crippen molar-refractivity contribution in [2.75, 3.05) is 20.1 Å². The molecule has 7 heteroatoms. The Labute approximate surface area is 176 Å². The lowest BCUT2D eigenvalue weighted by atomic mass is 9.99. The smallest absolute Gasteiger partial charge is 0.251 e. The topological polar surface area (TPSA) is 73.5 Å². The Morgan fingerprint density at radius 1 is 1.17 bits per heavy atom. The van der Waals surface area contributed by atoms with Crippen LogP contribution in [-0.4, -0.2) is 42.9 Å². The minimum absolute atomic E-state index is 0.0193. The van der Waals surface area contributed by atoms with E-state index in [2.05, 4.69) is 16.2 Å². The Morgan fingerprint density at radius 2 is 1.97 bits per heavy atom. The van der Waals surface area contributed by atoms with Crippen LogP contribution in [0.2, 0.25) is 0 Å². The van der Waals surface area contributed by atoms with Crippen molar-refractivity contribution >= 4 is 11.8 Å². The fraction of sp³-hybridized carbons (Fsp3) is 0.391. The molecule has 1 aliphatic rings. The molecule has 160 valence electrons. The summed E-state index contributed by atoms with van der Waals surface area (Å²) in [6.07, 6.45) is 2.60. The van der Waals surface area contributed by atoms with Crippen LogP contribution >= 0.6 is 0 Å². The van der Waals surface area contributed by atoms with Gasteiger partial charge in [0.05, 0.1) is 6.54 Å². The van der Waals surface area contributed by atoms with Crippen molar-refractivity contribution in [1.29, 1.82) is 0 Å². The monoisotopic (exact) mass is 412 g/mol. The molecule has 0 saturated carbocycles. The molecule has 1 heterocycles. The van der Waals surface area contributed by atoms with Crippen LogP contribution in [-0.2, 0) is 4.79 Å². The molecule has 0 bridgehead atoms. The number of rotatable bonds is 8. The average Bonchev–Trinajstić information content (AvgIpc) is 3.21. The van der Waals surface area contributed by atoms with Crippen LogP contribution in [0.3, 0.4) is 0 Å². The van der Waals surface area contributed by atoms with Crippen LogP contribution in [0.4, 0.5) is 4.39 Å². The van der Waals surface area contributed by atoms with E-state index in [0.717, 1.165) is 30.4 Å². The first kappa shape index (κ1) is 21.9. The van der Waals surface area contributed by atoms with Gasteiger partial charge < -0.3 is 10.2 Å². The van der Waals surface area contributed by atoms with E-state index in [1.54, 1.807) is 36.2 Å². The molecular weight excluding hydrogens is 383 g/mol. The Bertz CT molecular complexity index is 889. The molecule has 2 atom stereocenters. The first-order valence-corrected chi connectivity index (χ1v) is 10.3. The van der Waals surface area contributed by atoms with E-state index in [0.29, 0.717) is 12.1 Å². The molecule has 3 rings (SSSR count). The van der Waals surface area contributed by atoms with Crippen molar-refractivity contribution in [1.82, 2.24) is 21.1 Å². The van der Waals surface area contributed by atoms with E-state index in [-0.39, 0.29) is 36.3 Å². The highest BCUT2D eigenvalue weighted by atomic mass is 19.1. The number of nitrogens with zero attached hydrogens (tertiary/aromatic N) is 1. The third kappa shape index (κ3) is 5.87. The standard InChI is InChI=1S/C23H29FN4O2/c1-16-7-3-4-11-20(16)23(30)25-15-22(29)28(2)12-6-10-19-14-21(27-26-19)17-8-5-9-18(24)13-17/h3-5,7-9,11,13,19,21,26-27H,6,10,12,14-15H2,1-2H3,(H,25,30). The highest BCUT2D eigenvalue weighted by molar-refractivity contribution is 5.97. The number of amides is 2. The largest absolute Gasteiger partial charge is 0.344 e. The molecule has 2 aromatic carbocycles. The molecule has 1 aliphatic heterocycles. The number of halogens is 1. The minimum atomic E-state index is -0.237. The quantitative estimate of drug-likeness (QED) is 0.623. The summed E-state index contributed by atoms with van der Waals surface area (Å²) in [6.45, 7) is 2.46. The Kier molecular flexibility index (Phi) is 7.54. The van der Waals surface area contributed by atoms with Crippen molar-refractivity contribution in [3.8, 4) is 0 Å². The summed E-state index contributed by atoms with van der Waals surface area (Å²) in [5.41, 5.74) is 8.87. The zero-order valence-electron chi connectivity index (χ0n) is 17.5. The summed E-state index contributed by atoms with van der Waals surface area (Å²) in [7, 11) is 1.75. The second kappa shape index (κ2) is 10.3. The molecule has 2 unspecified atom stereocenters. The average molecular weight is 413 g/mol. The van der Waals surface area contributed by atoms with Crippen molar-refractivity contribution < 1.29 is 14.0 Å². The summed E-state index contributed by atoms with van der Waals surface area (Å²) < 4.78 is 13.4. The van der Waals surface area contributed by atoms with Gasteiger partial charge in [-0.05, 0) is 55.5 Å². The maximum Gasteiger partial charge on any atom is 0.251 e. The minimum Gasteiger partial charge on any atom is -0.344 e. The van der Waals surface area contributed by atoms with Crippen molar-refractivity contribution in [3.63, 3.8) is 0 Å². The van der Waals surface area contributed by atoms with Gasteiger partial charge in [0.2, 0.25) is 5.91 Å². The molecule has 30 heavy (non-hydrogen) atoms. The third-order valence-electron chi connectivity index (χ3n) is 5.49. The zero-order chi connectivity index (χ0) is 21.5. The summed E-state index contributed by atoms with van der Waals surface area (Å²) >= 11 is 0. The van der Waals surface area contributed by atoms with Crippen LogP contribution in [0.15, 0.2) is 48.5 Å². The van der Waals surface area contributed by atoms with Gasteiger partial charge in [0.15, 0.2) is 0 Å². The molecule has 6 nitrogen and oxygen atoms in total. The number of nitrogens with one attached hydrogen (secondary N) is 3. The van der Waals surface area contributed by atoms with E-state index in [1.807, 2.05) is 25.1 Å². The molecule has 0 aliphatic carbocycles. The summed E-state index contributed by atoms with van der Waals surface area (Å²) in [5, 5.41) is 2.70. The van der Waals surface area contributed by atoms with Crippen molar-refractivity contribution in [2.45, 2.75) is 38.3 Å². The second-order valence-electron chi connectivity index (χ2n) is 7.78. The van der Waals surface area contributed by atoms with Gasteiger partial charge in [-0.25, -0.2) is 4.39 Å². The number of benzene rings is 2. The van der Waals surface area contributed by atoms with Gasteiger partial charge in [-0.2, -0.15) is 0 Å². The third-order valence-corrected chi connectivity index (χ3v) is 5.49. The van der Waals surface area contributed by atoms with Gasteiger partial charge in [-0.3, -0.25) is 20.4 Å². The maximum atomic E-state index is 13.4. The number of carbonyl (C=O) groups excluding carboxylic acids is 2. The summed E-state index contributed by atoms with van der Waals surface area (Å²) in [4.78, 5) is 26.2. The predicted octanol–water partition coefficient (Wildman–Crippen LogP) is 2.71. The molecular formula is C23H29FN4O2. The van der Waals surface area contributed by atoms with Gasteiger partial charge >= 0.3 is 0 Å². The normalized spacial score (nSPS) is 18.2. The lowest BCUT2D eigenvalue weighted by Gasteiger charge is -2.18. The van der Waals surface area contributed by atoms with E-state index in [4.69, 9.17) is 0 Å². The zero-order valence-corrected chi connectivity index (χ0v) is 17.5. The number of hydrazine groups is 1. The van der Waals surface area contributed by atoms with E-state index in [1.165, 1.54) is 6.07 Å². The molecule has 2 amide bonds.